The number of rotatable bonds is 5. The van der Waals surface area contributed by atoms with Gasteiger partial charge in [-0.3, -0.25) is 4.79 Å². The van der Waals surface area contributed by atoms with Crippen molar-refractivity contribution in [2.24, 2.45) is 0 Å². The van der Waals surface area contributed by atoms with Gasteiger partial charge in [0.1, 0.15) is 6.10 Å². The topological polar surface area (TPSA) is 60.5 Å². The zero-order valence-electron chi connectivity index (χ0n) is 11.6. The van der Waals surface area contributed by atoms with Gasteiger partial charge in [0.25, 0.3) is 0 Å². The van der Waals surface area contributed by atoms with Crippen molar-refractivity contribution < 1.29 is 14.3 Å². The first-order valence-electron chi connectivity index (χ1n) is 6.51. The van der Waals surface area contributed by atoms with E-state index in [0.29, 0.717) is 26.2 Å². The molecule has 1 fully saturated rings. The summed E-state index contributed by atoms with van der Waals surface area (Å²) in [6, 6.07) is -0.0400. The van der Waals surface area contributed by atoms with Crippen molar-refractivity contribution in [3.05, 3.63) is 15.6 Å². The zero-order chi connectivity index (χ0) is 13.8. The highest BCUT2D eigenvalue weighted by atomic mass is 32.1. The van der Waals surface area contributed by atoms with Gasteiger partial charge in [-0.25, -0.2) is 4.98 Å². The highest BCUT2D eigenvalue weighted by Crippen LogP contribution is 2.18. The third-order valence-electron chi connectivity index (χ3n) is 3.08. The van der Waals surface area contributed by atoms with Gasteiger partial charge in [-0.1, -0.05) is 0 Å². The second kappa shape index (κ2) is 6.45. The fourth-order valence-electron chi connectivity index (χ4n) is 2.19. The van der Waals surface area contributed by atoms with Crippen molar-refractivity contribution in [3.63, 3.8) is 0 Å². The molecule has 1 aromatic heterocycles. The molecule has 2 atom stereocenters. The van der Waals surface area contributed by atoms with Crippen molar-refractivity contribution >= 4 is 17.2 Å². The lowest BCUT2D eigenvalue weighted by molar-refractivity contribution is -0.121. The predicted molar refractivity (Wildman–Crippen MR) is 73.5 cm³/mol. The maximum absolute atomic E-state index is 12.0. The second-order valence-corrected chi connectivity index (χ2v) is 5.91. The number of aromatic nitrogens is 1. The van der Waals surface area contributed by atoms with Crippen molar-refractivity contribution in [3.8, 4) is 0 Å². The van der Waals surface area contributed by atoms with Gasteiger partial charge in [0.2, 0.25) is 5.91 Å². The molecule has 0 bridgehead atoms. The maximum atomic E-state index is 12.0. The van der Waals surface area contributed by atoms with E-state index in [1.807, 2.05) is 20.8 Å². The summed E-state index contributed by atoms with van der Waals surface area (Å²) in [5.41, 5.74) is 0.946. The molecule has 1 aliphatic rings. The van der Waals surface area contributed by atoms with Crippen LogP contribution in [0.2, 0.25) is 0 Å². The number of nitrogens with zero attached hydrogens (tertiary/aromatic N) is 1. The summed E-state index contributed by atoms with van der Waals surface area (Å²) >= 11 is 1.58. The Morgan fingerprint density at radius 1 is 1.53 bits per heavy atom. The van der Waals surface area contributed by atoms with Gasteiger partial charge in [0, 0.05) is 11.5 Å². The molecular weight excluding hydrogens is 264 g/mol. The van der Waals surface area contributed by atoms with Gasteiger partial charge in [-0.2, -0.15) is 0 Å². The molecule has 0 aliphatic carbocycles. The number of carbonyl (C=O) groups is 1. The van der Waals surface area contributed by atoms with Crippen LogP contribution < -0.4 is 5.32 Å². The summed E-state index contributed by atoms with van der Waals surface area (Å²) in [4.78, 5) is 17.4. The van der Waals surface area contributed by atoms with Crippen molar-refractivity contribution in [1.29, 1.82) is 0 Å². The lowest BCUT2D eigenvalue weighted by atomic mass is 10.2. The lowest BCUT2D eigenvalue weighted by Crippen LogP contribution is -2.44. The van der Waals surface area contributed by atoms with E-state index in [-0.39, 0.29) is 18.1 Å². The number of nitrogens with one attached hydrogen (secondary N) is 1. The zero-order valence-corrected chi connectivity index (χ0v) is 12.4. The number of carbonyl (C=O) groups excluding carboxylic acids is 1. The Kier molecular flexibility index (Phi) is 4.90. The molecule has 6 heteroatoms. The average Bonchev–Trinajstić information content (AvgIpc) is 2.88. The van der Waals surface area contributed by atoms with Gasteiger partial charge in [-0.15, -0.1) is 11.3 Å². The van der Waals surface area contributed by atoms with Gasteiger partial charge >= 0.3 is 0 Å². The van der Waals surface area contributed by atoms with E-state index in [1.165, 1.54) is 0 Å². The molecule has 1 amide bonds. The van der Waals surface area contributed by atoms with Crippen LogP contribution >= 0.6 is 11.3 Å². The average molecular weight is 284 g/mol. The van der Waals surface area contributed by atoms with Crippen molar-refractivity contribution in [1.82, 2.24) is 10.3 Å². The third kappa shape index (κ3) is 3.75. The first-order chi connectivity index (χ1) is 9.10. The Hall–Kier alpha value is -0.980. The highest BCUT2D eigenvalue weighted by Gasteiger charge is 2.30. The summed E-state index contributed by atoms with van der Waals surface area (Å²) in [7, 11) is 0. The first kappa shape index (κ1) is 14.4. The van der Waals surface area contributed by atoms with Crippen molar-refractivity contribution in [2.45, 2.75) is 39.3 Å². The van der Waals surface area contributed by atoms with Crippen LogP contribution in [0.4, 0.5) is 0 Å². The van der Waals surface area contributed by atoms with Crippen LogP contribution in [0.1, 0.15) is 22.5 Å². The van der Waals surface area contributed by atoms with Crippen LogP contribution in [0, 0.1) is 13.8 Å². The smallest absolute Gasteiger partial charge is 0.225 e. The first-order valence-corrected chi connectivity index (χ1v) is 7.33. The van der Waals surface area contributed by atoms with E-state index < -0.39 is 0 Å². The number of hydrogen-bond donors (Lipinski definition) is 1. The highest BCUT2D eigenvalue weighted by molar-refractivity contribution is 7.11. The number of thiazole rings is 1. The molecular formula is C13H20N2O3S. The molecule has 0 radical (unpaired) electrons. The molecule has 1 aromatic rings. The molecule has 0 spiro atoms. The van der Waals surface area contributed by atoms with E-state index in [0.717, 1.165) is 15.6 Å². The Morgan fingerprint density at radius 3 is 2.95 bits per heavy atom. The minimum absolute atomic E-state index is 0.00644. The van der Waals surface area contributed by atoms with Gasteiger partial charge in [0.15, 0.2) is 0 Å². The molecule has 106 valence electrons. The minimum atomic E-state index is -0.0400. The molecule has 0 unspecified atom stereocenters. The van der Waals surface area contributed by atoms with Gasteiger partial charge < -0.3 is 14.8 Å². The van der Waals surface area contributed by atoms with E-state index in [1.54, 1.807) is 11.3 Å². The van der Waals surface area contributed by atoms with Crippen LogP contribution in [0.15, 0.2) is 0 Å². The second-order valence-electron chi connectivity index (χ2n) is 4.62. The van der Waals surface area contributed by atoms with E-state index in [9.17, 15) is 4.79 Å². The number of amides is 1. The maximum Gasteiger partial charge on any atom is 0.225 e. The normalized spacial score (nSPS) is 22.7. The fraction of sp³-hybridized carbons (Fsp3) is 0.692. The van der Waals surface area contributed by atoms with E-state index in [2.05, 4.69) is 10.3 Å². The van der Waals surface area contributed by atoms with Crippen molar-refractivity contribution in [2.75, 3.05) is 19.8 Å². The van der Waals surface area contributed by atoms with Gasteiger partial charge in [-0.05, 0) is 20.8 Å². The van der Waals surface area contributed by atoms with Crippen LogP contribution in [0.5, 0.6) is 0 Å². The Balaban J connectivity index is 1.89. The monoisotopic (exact) mass is 284 g/mol. The molecule has 19 heavy (non-hydrogen) atoms. The van der Waals surface area contributed by atoms with Crippen LogP contribution in [0.3, 0.4) is 0 Å². The molecule has 0 saturated carbocycles. The summed E-state index contributed by atoms with van der Waals surface area (Å²) in [5.74, 6) is 0.00644. The minimum Gasteiger partial charge on any atom is -0.376 e. The molecule has 0 aromatic carbocycles. The Morgan fingerprint density at radius 2 is 2.32 bits per heavy atom. The number of aryl methyl sites for hydroxylation is 2. The standard InChI is InChI=1S/C13H20N2O3S/c1-4-18-11-7-17-6-10(11)15-13(16)5-12-8(2)14-9(3)19-12/h10-11H,4-7H2,1-3H3,(H,15,16)/t10-,11-/m0/s1. The Labute approximate surface area is 117 Å². The number of ether oxygens (including phenoxy) is 2. The van der Waals surface area contributed by atoms with Crippen LogP contribution in [0.25, 0.3) is 0 Å². The molecule has 2 heterocycles. The summed E-state index contributed by atoms with van der Waals surface area (Å²) < 4.78 is 10.9. The SMILES string of the molecule is CCO[C@H]1COC[C@@H]1NC(=O)Cc1sc(C)nc1C. The van der Waals surface area contributed by atoms with Crippen LogP contribution in [-0.4, -0.2) is 42.9 Å². The summed E-state index contributed by atoms with van der Waals surface area (Å²) in [6.45, 7) is 7.55. The molecule has 1 saturated heterocycles. The lowest BCUT2D eigenvalue weighted by Gasteiger charge is -2.18. The Bertz CT molecular complexity index is 447. The van der Waals surface area contributed by atoms with E-state index in [4.69, 9.17) is 9.47 Å². The molecule has 1 N–H and O–H groups in total. The van der Waals surface area contributed by atoms with E-state index >= 15 is 0 Å². The predicted octanol–water partition coefficient (Wildman–Crippen LogP) is 1.22. The third-order valence-corrected chi connectivity index (χ3v) is 4.15. The number of hydrogen-bond acceptors (Lipinski definition) is 5. The summed E-state index contributed by atoms with van der Waals surface area (Å²) in [5, 5.41) is 3.99. The fourth-order valence-corrected chi connectivity index (χ4v) is 3.12. The largest absolute Gasteiger partial charge is 0.376 e. The quantitative estimate of drug-likeness (QED) is 0.883. The summed E-state index contributed by atoms with van der Waals surface area (Å²) in [6.07, 6.45) is 0.352. The molecule has 2 rings (SSSR count). The van der Waals surface area contributed by atoms with Gasteiger partial charge in [0.05, 0.1) is 36.4 Å². The molecule has 5 nitrogen and oxygen atoms in total. The van der Waals surface area contributed by atoms with Crippen LogP contribution in [-0.2, 0) is 20.7 Å². The molecule has 1 aliphatic heterocycles.